The fourth-order valence-corrected chi connectivity index (χ4v) is 3.01. The van der Waals surface area contributed by atoms with Gasteiger partial charge in [0.05, 0.1) is 12.7 Å². The number of anilines is 2. The first-order valence-corrected chi connectivity index (χ1v) is 7.82. The van der Waals surface area contributed by atoms with Gasteiger partial charge in [0.1, 0.15) is 0 Å². The van der Waals surface area contributed by atoms with Crippen LogP contribution in [0.5, 0.6) is 0 Å². The minimum Gasteiger partial charge on any atom is -0.398 e. The predicted molar refractivity (Wildman–Crippen MR) is 87.5 cm³/mol. The maximum Gasteiger partial charge on any atom is 0.0642 e. The zero-order valence-corrected chi connectivity index (χ0v) is 12.3. The van der Waals surface area contributed by atoms with Crippen LogP contribution in [0.4, 0.5) is 11.4 Å². The Morgan fingerprint density at radius 1 is 1.14 bits per heavy atom. The highest BCUT2D eigenvalue weighted by molar-refractivity contribution is 6.00. The van der Waals surface area contributed by atoms with E-state index in [-0.39, 0.29) is 0 Å². The van der Waals surface area contributed by atoms with Crippen molar-refractivity contribution in [2.45, 2.75) is 38.2 Å². The highest BCUT2D eigenvalue weighted by Gasteiger charge is 2.13. The van der Waals surface area contributed by atoms with Gasteiger partial charge in [-0.1, -0.05) is 19.3 Å². The average molecular weight is 285 g/mol. The van der Waals surface area contributed by atoms with Gasteiger partial charge in [0, 0.05) is 41.1 Å². The molecule has 0 unspecified atom stereocenters. The second-order valence-electron chi connectivity index (χ2n) is 5.68. The summed E-state index contributed by atoms with van der Waals surface area (Å²) in [7, 11) is 0. The van der Waals surface area contributed by atoms with Gasteiger partial charge in [0.25, 0.3) is 0 Å². The van der Waals surface area contributed by atoms with Crippen molar-refractivity contribution >= 4 is 22.1 Å². The molecule has 3 N–H and O–H groups in total. The fourth-order valence-electron chi connectivity index (χ4n) is 3.01. The van der Waals surface area contributed by atoms with E-state index in [1.165, 1.54) is 32.1 Å². The van der Waals surface area contributed by atoms with Crippen molar-refractivity contribution < 1.29 is 4.74 Å². The summed E-state index contributed by atoms with van der Waals surface area (Å²) in [5, 5.41) is 5.56. The van der Waals surface area contributed by atoms with Gasteiger partial charge in [0.15, 0.2) is 0 Å². The Balaban J connectivity index is 1.57. The summed E-state index contributed by atoms with van der Waals surface area (Å²) in [5.41, 5.74) is 7.84. The van der Waals surface area contributed by atoms with Crippen LogP contribution in [0.3, 0.4) is 0 Å². The molecule has 0 aliphatic heterocycles. The van der Waals surface area contributed by atoms with Gasteiger partial charge < -0.3 is 15.8 Å². The average Bonchev–Trinajstić information content (AvgIpc) is 2.55. The topological polar surface area (TPSA) is 60.2 Å². The highest BCUT2D eigenvalue weighted by Crippen LogP contribution is 2.27. The molecule has 3 rings (SSSR count). The molecule has 0 atom stereocenters. The van der Waals surface area contributed by atoms with Crippen molar-refractivity contribution in [3.63, 3.8) is 0 Å². The number of benzene rings is 1. The van der Waals surface area contributed by atoms with Crippen LogP contribution in [0.15, 0.2) is 30.6 Å². The molecule has 0 amide bonds. The van der Waals surface area contributed by atoms with Crippen molar-refractivity contribution in [2.75, 3.05) is 24.2 Å². The summed E-state index contributed by atoms with van der Waals surface area (Å²) in [6.07, 6.45) is 10.5. The van der Waals surface area contributed by atoms with Crippen LogP contribution in [-0.4, -0.2) is 24.2 Å². The molecule has 1 aliphatic rings. The second-order valence-corrected chi connectivity index (χ2v) is 5.68. The van der Waals surface area contributed by atoms with Gasteiger partial charge in [-0.2, -0.15) is 0 Å². The van der Waals surface area contributed by atoms with Gasteiger partial charge >= 0.3 is 0 Å². The van der Waals surface area contributed by atoms with Crippen LogP contribution < -0.4 is 11.1 Å². The molecule has 1 aliphatic carbocycles. The molecule has 112 valence electrons. The number of aromatic nitrogens is 1. The van der Waals surface area contributed by atoms with E-state index in [2.05, 4.69) is 10.3 Å². The molecule has 0 spiro atoms. The first kappa shape index (κ1) is 14.1. The molecule has 1 saturated carbocycles. The minimum atomic E-state index is 0.466. The van der Waals surface area contributed by atoms with Crippen LogP contribution in [0, 0.1) is 0 Å². The van der Waals surface area contributed by atoms with Crippen molar-refractivity contribution in [3.05, 3.63) is 30.6 Å². The minimum absolute atomic E-state index is 0.466. The monoisotopic (exact) mass is 285 g/mol. The molecule has 2 aromatic rings. The summed E-state index contributed by atoms with van der Waals surface area (Å²) in [5.74, 6) is 0. The third kappa shape index (κ3) is 3.45. The molecule has 21 heavy (non-hydrogen) atoms. The smallest absolute Gasteiger partial charge is 0.0642 e. The molecule has 1 fully saturated rings. The predicted octanol–water partition coefficient (Wildman–Crippen LogP) is 3.58. The third-order valence-electron chi connectivity index (χ3n) is 4.18. The first-order valence-electron chi connectivity index (χ1n) is 7.82. The molecule has 4 nitrogen and oxygen atoms in total. The van der Waals surface area contributed by atoms with E-state index in [1.54, 1.807) is 6.20 Å². The van der Waals surface area contributed by atoms with E-state index in [0.717, 1.165) is 35.3 Å². The Hall–Kier alpha value is -1.81. The quantitative estimate of drug-likeness (QED) is 0.651. The Bertz CT molecular complexity index is 594. The lowest BCUT2D eigenvalue weighted by Crippen LogP contribution is -2.20. The lowest BCUT2D eigenvalue weighted by molar-refractivity contribution is 0.0347. The molecular weight excluding hydrogens is 262 g/mol. The van der Waals surface area contributed by atoms with E-state index in [0.29, 0.717) is 6.10 Å². The van der Waals surface area contributed by atoms with Crippen LogP contribution in [0.2, 0.25) is 0 Å². The van der Waals surface area contributed by atoms with E-state index in [9.17, 15) is 0 Å². The van der Waals surface area contributed by atoms with Crippen molar-refractivity contribution in [3.8, 4) is 0 Å². The summed E-state index contributed by atoms with van der Waals surface area (Å²) in [6, 6.07) is 5.95. The molecule has 0 saturated heterocycles. The summed E-state index contributed by atoms with van der Waals surface area (Å²) < 4.78 is 5.94. The number of nitrogens with one attached hydrogen (secondary N) is 1. The first-order chi connectivity index (χ1) is 10.3. The number of pyridine rings is 1. The van der Waals surface area contributed by atoms with Gasteiger partial charge in [-0.05, 0) is 31.0 Å². The van der Waals surface area contributed by atoms with Crippen molar-refractivity contribution in [2.24, 2.45) is 0 Å². The van der Waals surface area contributed by atoms with Gasteiger partial charge in [0.2, 0.25) is 0 Å². The number of fused-ring (bicyclic) bond motifs is 1. The third-order valence-corrected chi connectivity index (χ3v) is 4.18. The van der Waals surface area contributed by atoms with Crippen LogP contribution >= 0.6 is 0 Å². The fraction of sp³-hybridized carbons (Fsp3) is 0.471. The molecule has 0 radical (unpaired) electrons. The van der Waals surface area contributed by atoms with Gasteiger partial charge in [-0.3, -0.25) is 4.98 Å². The molecule has 0 bridgehead atoms. The highest BCUT2D eigenvalue weighted by atomic mass is 16.5. The zero-order valence-electron chi connectivity index (χ0n) is 12.3. The van der Waals surface area contributed by atoms with E-state index < -0.39 is 0 Å². The lowest BCUT2D eigenvalue weighted by atomic mass is 9.98. The van der Waals surface area contributed by atoms with Crippen LogP contribution in [0.25, 0.3) is 10.8 Å². The number of rotatable bonds is 5. The summed E-state index contributed by atoms with van der Waals surface area (Å²) >= 11 is 0. The zero-order chi connectivity index (χ0) is 14.5. The lowest BCUT2D eigenvalue weighted by Gasteiger charge is -2.22. The Kier molecular flexibility index (Phi) is 4.55. The number of nitrogen functional groups attached to an aromatic ring is 1. The largest absolute Gasteiger partial charge is 0.398 e. The maximum atomic E-state index is 5.98. The SMILES string of the molecule is Nc1ccc(NCCOC2CCCCC2)c2ccncc12. The molecular formula is C17H23N3O. The number of hydrogen-bond donors (Lipinski definition) is 2. The number of hydrogen-bond acceptors (Lipinski definition) is 4. The van der Waals surface area contributed by atoms with Gasteiger partial charge in [-0.15, -0.1) is 0 Å². The molecule has 1 aromatic heterocycles. The van der Waals surface area contributed by atoms with Crippen molar-refractivity contribution in [1.82, 2.24) is 4.98 Å². The van der Waals surface area contributed by atoms with Gasteiger partial charge in [-0.25, -0.2) is 0 Å². The Morgan fingerprint density at radius 2 is 2.00 bits per heavy atom. The summed E-state index contributed by atoms with van der Waals surface area (Å²) in [6.45, 7) is 1.57. The van der Waals surface area contributed by atoms with E-state index in [4.69, 9.17) is 10.5 Å². The molecule has 1 heterocycles. The number of nitrogens with zero attached hydrogens (tertiary/aromatic N) is 1. The van der Waals surface area contributed by atoms with Crippen LogP contribution in [-0.2, 0) is 4.74 Å². The van der Waals surface area contributed by atoms with Crippen LogP contribution in [0.1, 0.15) is 32.1 Å². The van der Waals surface area contributed by atoms with E-state index >= 15 is 0 Å². The number of ether oxygens (including phenoxy) is 1. The second kappa shape index (κ2) is 6.76. The Morgan fingerprint density at radius 3 is 2.86 bits per heavy atom. The van der Waals surface area contributed by atoms with Crippen molar-refractivity contribution in [1.29, 1.82) is 0 Å². The Labute approximate surface area is 125 Å². The molecule has 4 heteroatoms. The maximum absolute atomic E-state index is 5.98. The number of nitrogens with two attached hydrogens (primary N) is 1. The standard InChI is InChI=1S/C17H23N3O/c18-16-6-7-17(14-8-9-19-12-15(14)16)20-10-11-21-13-4-2-1-3-5-13/h6-9,12-13,20H,1-5,10-11,18H2. The summed E-state index contributed by atoms with van der Waals surface area (Å²) in [4.78, 5) is 4.14. The normalized spacial score (nSPS) is 16.2. The van der Waals surface area contributed by atoms with E-state index in [1.807, 2.05) is 24.4 Å². The molecule has 1 aromatic carbocycles.